The number of amides is 2. The van der Waals surface area contributed by atoms with Crippen LogP contribution >= 0.6 is 11.3 Å². The smallest absolute Gasteiger partial charge is 0.387 e. The number of pyridine rings is 1. The molecule has 1 saturated carbocycles. The van der Waals surface area contributed by atoms with Gasteiger partial charge in [-0.1, -0.05) is 41.7 Å². The van der Waals surface area contributed by atoms with Gasteiger partial charge in [0.25, 0.3) is 0 Å². The van der Waals surface area contributed by atoms with Crippen LogP contribution in [0.4, 0.5) is 24.1 Å². The van der Waals surface area contributed by atoms with Crippen molar-refractivity contribution in [2.24, 2.45) is 5.92 Å². The number of thiazole rings is 1. The molecule has 1 unspecified atom stereocenters. The Kier molecular flexibility index (Phi) is 9.53. The normalized spacial score (nSPS) is 15.5. The number of hydrogen-bond acceptors (Lipinski definition) is 7. The molecule has 244 valence electrons. The second-order valence-electron chi connectivity index (χ2n) is 11.5. The second kappa shape index (κ2) is 13.9. The molecule has 47 heavy (non-hydrogen) atoms. The molecular weight excluding hydrogens is 633 g/mol. The molecule has 13 heteroatoms. The van der Waals surface area contributed by atoms with E-state index >= 15 is 4.39 Å². The molecule has 9 nitrogen and oxygen atoms in total. The molecule has 2 amide bonds. The summed E-state index contributed by atoms with van der Waals surface area (Å²) in [6.07, 6.45) is 4.70. The van der Waals surface area contributed by atoms with Crippen LogP contribution < -0.4 is 14.5 Å². The third kappa shape index (κ3) is 7.46. The minimum atomic E-state index is -3.12. The molecule has 2 aliphatic rings. The predicted octanol–water partition coefficient (Wildman–Crippen LogP) is 6.96. The topological polar surface area (TPSA) is 113 Å². The highest BCUT2D eigenvalue weighted by molar-refractivity contribution is 7.14. The summed E-state index contributed by atoms with van der Waals surface area (Å²) in [5.74, 6) is -2.28. The number of halogens is 3. The SMILES string of the molecule is O=C(O)CC(Cc1ccccc1)C(=O)N(c1nc(-c2cc(OC(F)F)ccc2-c2ccc(N3CCCCC3=O)nc2)c(F)s1)C1CC1. The maximum Gasteiger partial charge on any atom is 0.387 e. The first kappa shape index (κ1) is 32.2. The molecule has 1 aliphatic heterocycles. The van der Waals surface area contributed by atoms with E-state index < -0.39 is 36.0 Å². The number of aromatic nitrogens is 2. The summed E-state index contributed by atoms with van der Waals surface area (Å²) >= 11 is 0.633. The van der Waals surface area contributed by atoms with Crippen molar-refractivity contribution in [3.05, 3.63) is 77.6 Å². The molecule has 2 aromatic heterocycles. The summed E-state index contributed by atoms with van der Waals surface area (Å²) < 4.78 is 46.9. The summed E-state index contributed by atoms with van der Waals surface area (Å²) in [6.45, 7) is -2.57. The van der Waals surface area contributed by atoms with Crippen molar-refractivity contribution in [2.45, 2.75) is 57.6 Å². The van der Waals surface area contributed by atoms with Gasteiger partial charge in [-0.3, -0.25) is 24.2 Å². The van der Waals surface area contributed by atoms with Crippen LogP contribution in [0.5, 0.6) is 5.75 Å². The van der Waals surface area contributed by atoms with E-state index in [4.69, 9.17) is 0 Å². The van der Waals surface area contributed by atoms with E-state index in [1.54, 1.807) is 29.2 Å². The number of ether oxygens (including phenoxy) is 1. The van der Waals surface area contributed by atoms with Crippen LogP contribution in [0.25, 0.3) is 22.4 Å². The van der Waals surface area contributed by atoms with E-state index in [9.17, 15) is 28.3 Å². The Labute approximate surface area is 272 Å². The average Bonchev–Trinajstić information content (AvgIpc) is 3.81. The van der Waals surface area contributed by atoms with E-state index in [-0.39, 0.29) is 40.5 Å². The largest absolute Gasteiger partial charge is 0.481 e. The highest BCUT2D eigenvalue weighted by Crippen LogP contribution is 2.42. The molecule has 0 radical (unpaired) electrons. The molecular formula is C34H31F3N4O5S. The Balaban J connectivity index is 1.36. The lowest BCUT2D eigenvalue weighted by atomic mass is 9.94. The van der Waals surface area contributed by atoms with E-state index in [0.717, 1.165) is 18.4 Å². The summed E-state index contributed by atoms with van der Waals surface area (Å²) in [5, 5.41) is 8.91. The van der Waals surface area contributed by atoms with Gasteiger partial charge in [0.2, 0.25) is 16.9 Å². The summed E-state index contributed by atoms with van der Waals surface area (Å²) in [6, 6.07) is 16.3. The van der Waals surface area contributed by atoms with Crippen molar-refractivity contribution in [1.82, 2.24) is 9.97 Å². The first-order chi connectivity index (χ1) is 22.7. The fraction of sp³-hybridized carbons (Fsp3) is 0.324. The Morgan fingerprint density at radius 2 is 1.85 bits per heavy atom. The van der Waals surface area contributed by atoms with Gasteiger partial charge >= 0.3 is 12.6 Å². The Hall–Kier alpha value is -4.78. The number of aliphatic carboxylic acids is 1. The van der Waals surface area contributed by atoms with Gasteiger partial charge in [0.05, 0.1) is 12.3 Å². The van der Waals surface area contributed by atoms with Crippen molar-refractivity contribution in [3.63, 3.8) is 0 Å². The third-order valence-electron chi connectivity index (χ3n) is 8.16. The van der Waals surface area contributed by atoms with Crippen LogP contribution in [0.15, 0.2) is 66.9 Å². The highest BCUT2D eigenvalue weighted by Gasteiger charge is 2.40. The first-order valence-electron chi connectivity index (χ1n) is 15.3. The minimum absolute atomic E-state index is 0.0214. The Morgan fingerprint density at radius 3 is 2.51 bits per heavy atom. The fourth-order valence-electron chi connectivity index (χ4n) is 5.78. The zero-order valence-corrected chi connectivity index (χ0v) is 26.0. The van der Waals surface area contributed by atoms with Crippen molar-refractivity contribution in [3.8, 4) is 28.1 Å². The first-order valence-corrected chi connectivity index (χ1v) is 16.1. The maximum atomic E-state index is 15.9. The van der Waals surface area contributed by atoms with Gasteiger partial charge in [0, 0.05) is 36.3 Å². The van der Waals surface area contributed by atoms with Crippen LogP contribution in [-0.4, -0.2) is 52.1 Å². The molecule has 0 spiro atoms. The molecule has 1 saturated heterocycles. The average molecular weight is 665 g/mol. The van der Waals surface area contributed by atoms with Crippen molar-refractivity contribution in [1.29, 1.82) is 0 Å². The van der Waals surface area contributed by atoms with Crippen LogP contribution in [0.1, 0.15) is 44.1 Å². The molecule has 4 aromatic rings. The number of carboxylic acids is 1. The molecule has 1 atom stereocenters. The fourth-order valence-corrected chi connectivity index (χ4v) is 6.66. The number of piperidine rings is 1. The number of carbonyl (C=O) groups is 3. The number of carboxylic acid groups (broad SMARTS) is 1. The van der Waals surface area contributed by atoms with Gasteiger partial charge in [-0.25, -0.2) is 9.97 Å². The molecule has 1 N–H and O–H groups in total. The quantitative estimate of drug-likeness (QED) is 0.174. The number of alkyl halides is 2. The molecule has 1 aliphatic carbocycles. The highest BCUT2D eigenvalue weighted by atomic mass is 32.1. The summed E-state index contributed by atoms with van der Waals surface area (Å²) in [5.41, 5.74) is 1.69. The van der Waals surface area contributed by atoms with Crippen LogP contribution in [0, 0.1) is 11.0 Å². The number of rotatable bonds is 12. The van der Waals surface area contributed by atoms with Gasteiger partial charge in [-0.15, -0.1) is 0 Å². The van der Waals surface area contributed by atoms with Crippen LogP contribution in [-0.2, 0) is 20.8 Å². The Morgan fingerprint density at radius 1 is 1.06 bits per heavy atom. The number of anilines is 2. The number of hydrogen-bond donors (Lipinski definition) is 1. The number of carbonyl (C=O) groups excluding carboxylic acids is 2. The molecule has 2 aromatic carbocycles. The lowest BCUT2D eigenvalue weighted by molar-refractivity contribution is -0.140. The predicted molar refractivity (Wildman–Crippen MR) is 170 cm³/mol. The summed E-state index contributed by atoms with van der Waals surface area (Å²) in [7, 11) is 0. The van der Waals surface area contributed by atoms with Gasteiger partial charge in [-0.05, 0) is 73.6 Å². The van der Waals surface area contributed by atoms with Crippen molar-refractivity contribution in [2.75, 3.05) is 16.3 Å². The lowest BCUT2D eigenvalue weighted by Crippen LogP contribution is -2.39. The van der Waals surface area contributed by atoms with Gasteiger partial charge < -0.3 is 9.84 Å². The molecule has 0 bridgehead atoms. The summed E-state index contributed by atoms with van der Waals surface area (Å²) in [4.78, 5) is 50.1. The van der Waals surface area contributed by atoms with E-state index in [1.165, 1.54) is 29.3 Å². The lowest BCUT2D eigenvalue weighted by Gasteiger charge is -2.25. The second-order valence-corrected chi connectivity index (χ2v) is 12.5. The number of nitrogens with zero attached hydrogens (tertiary/aromatic N) is 4. The van der Waals surface area contributed by atoms with Crippen molar-refractivity contribution >= 4 is 40.1 Å². The van der Waals surface area contributed by atoms with Crippen LogP contribution in [0.3, 0.4) is 0 Å². The molecule has 2 fully saturated rings. The van der Waals surface area contributed by atoms with E-state index in [1.807, 2.05) is 18.2 Å². The zero-order valence-electron chi connectivity index (χ0n) is 25.2. The monoisotopic (exact) mass is 664 g/mol. The Bertz CT molecular complexity index is 1770. The van der Waals surface area contributed by atoms with Gasteiger partial charge in [0.1, 0.15) is 17.3 Å². The standard InChI is InChI=1S/C34H31F3N4O5S/c35-31-30(39-34(47-31)41(23-10-11-23)32(45)22(17-29(43)44)16-20-6-2-1-3-7-20)26-18-24(46-33(36)37)12-13-25(26)21-9-14-27(38-19-21)40-15-5-4-8-28(40)42/h1-3,6-7,9,12-14,18-19,22-23,33H,4-5,8,10-11,15-17H2,(H,43,44). The maximum absolute atomic E-state index is 15.9. The minimum Gasteiger partial charge on any atom is -0.481 e. The van der Waals surface area contributed by atoms with E-state index in [2.05, 4.69) is 14.7 Å². The van der Waals surface area contributed by atoms with Gasteiger partial charge in [0.15, 0.2) is 5.13 Å². The van der Waals surface area contributed by atoms with E-state index in [0.29, 0.717) is 54.1 Å². The zero-order chi connectivity index (χ0) is 33.1. The van der Waals surface area contributed by atoms with Gasteiger partial charge in [-0.2, -0.15) is 13.2 Å². The molecule has 6 rings (SSSR count). The van der Waals surface area contributed by atoms with Crippen molar-refractivity contribution < 1.29 is 37.4 Å². The number of benzene rings is 2. The third-order valence-corrected chi connectivity index (χ3v) is 9.00. The molecule has 3 heterocycles. The van der Waals surface area contributed by atoms with Crippen LogP contribution in [0.2, 0.25) is 0 Å².